The highest BCUT2D eigenvalue weighted by molar-refractivity contribution is 7.16. The van der Waals surface area contributed by atoms with Crippen LogP contribution in [0.1, 0.15) is 135 Å². The Kier molecular flexibility index (Phi) is 14.0. The van der Waals surface area contributed by atoms with Crippen LogP contribution < -0.4 is 0 Å². The number of unbranched alkanes of at least 4 members (excludes halogenated alkanes) is 10. The van der Waals surface area contributed by atoms with Crippen molar-refractivity contribution in [1.29, 1.82) is 0 Å². The first-order valence-electron chi connectivity index (χ1n) is 15.0. The molecular formula is C34H46O3S2. The molecule has 0 aliphatic heterocycles. The predicted molar refractivity (Wildman–Crippen MR) is 167 cm³/mol. The van der Waals surface area contributed by atoms with Gasteiger partial charge in [0.1, 0.15) is 0 Å². The summed E-state index contributed by atoms with van der Waals surface area (Å²) in [6.45, 7) is 6.40. The molecule has 0 fully saturated rings. The van der Waals surface area contributed by atoms with E-state index in [1.165, 1.54) is 91.7 Å². The van der Waals surface area contributed by atoms with Crippen molar-refractivity contribution >= 4 is 34.4 Å². The van der Waals surface area contributed by atoms with Crippen LogP contribution in [-0.4, -0.2) is 17.9 Å². The Morgan fingerprint density at radius 1 is 0.769 bits per heavy atom. The molecule has 0 radical (unpaired) electrons. The maximum absolute atomic E-state index is 13.1. The van der Waals surface area contributed by atoms with E-state index in [0.717, 1.165) is 29.7 Å². The van der Waals surface area contributed by atoms with Crippen molar-refractivity contribution < 1.29 is 14.3 Å². The summed E-state index contributed by atoms with van der Waals surface area (Å²) in [7, 11) is 0. The average Bonchev–Trinajstić information content (AvgIpc) is 3.62. The molecule has 3 nitrogen and oxygen atoms in total. The third kappa shape index (κ3) is 10.7. The summed E-state index contributed by atoms with van der Waals surface area (Å²) in [4.78, 5) is 29.0. The standard InChI is InChI=1S/C34H46O3S2/c1-4-6-8-10-11-12-13-15-17-30-22-23-31(39-30)29-24-32(38-25-29)33(35)27-18-20-28(21-19-27)34(36)37-26(3)16-14-9-7-5-2/h18-26H,4-17H2,1-3H3/t26-/m0/s1. The summed E-state index contributed by atoms with van der Waals surface area (Å²) in [6, 6.07) is 13.3. The third-order valence-electron chi connectivity index (χ3n) is 7.20. The Morgan fingerprint density at radius 2 is 1.38 bits per heavy atom. The molecule has 0 N–H and O–H groups in total. The van der Waals surface area contributed by atoms with Crippen LogP contribution in [0.25, 0.3) is 10.4 Å². The second-order valence-electron chi connectivity index (χ2n) is 10.7. The molecule has 3 aromatic rings. The smallest absolute Gasteiger partial charge is 0.338 e. The van der Waals surface area contributed by atoms with Crippen LogP contribution in [-0.2, 0) is 11.2 Å². The minimum Gasteiger partial charge on any atom is -0.459 e. The quantitative estimate of drug-likeness (QED) is 0.0823. The Bertz CT molecular complexity index is 1130. The first-order chi connectivity index (χ1) is 19.0. The SMILES string of the molecule is CCCCCCCCCCc1ccc(-c2csc(C(=O)c3ccc(C(=O)O[C@@H](C)CCCCCC)cc3)c2)s1. The third-order valence-corrected chi connectivity index (χ3v) is 9.32. The van der Waals surface area contributed by atoms with E-state index >= 15 is 0 Å². The highest BCUT2D eigenvalue weighted by Crippen LogP contribution is 2.33. The van der Waals surface area contributed by atoms with Gasteiger partial charge in [0.05, 0.1) is 16.5 Å². The van der Waals surface area contributed by atoms with Crippen molar-refractivity contribution in [3.05, 3.63) is 68.7 Å². The highest BCUT2D eigenvalue weighted by Gasteiger charge is 2.16. The van der Waals surface area contributed by atoms with Crippen molar-refractivity contribution in [2.45, 2.75) is 117 Å². The lowest BCUT2D eigenvalue weighted by Gasteiger charge is -2.13. The van der Waals surface area contributed by atoms with Crippen molar-refractivity contribution in [3.63, 3.8) is 0 Å². The van der Waals surface area contributed by atoms with Crippen molar-refractivity contribution in [2.24, 2.45) is 0 Å². The molecule has 0 amide bonds. The lowest BCUT2D eigenvalue weighted by Crippen LogP contribution is -2.15. The monoisotopic (exact) mass is 566 g/mol. The molecule has 1 atom stereocenters. The first-order valence-corrected chi connectivity index (χ1v) is 16.7. The second kappa shape index (κ2) is 17.5. The van der Waals surface area contributed by atoms with Crippen molar-refractivity contribution in [3.8, 4) is 10.4 Å². The number of rotatable bonds is 19. The molecule has 0 unspecified atom stereocenters. The van der Waals surface area contributed by atoms with E-state index in [4.69, 9.17) is 4.74 Å². The van der Waals surface area contributed by atoms with Gasteiger partial charge in [-0.3, -0.25) is 4.79 Å². The molecule has 5 heteroatoms. The Balaban J connectivity index is 1.46. The van der Waals surface area contributed by atoms with E-state index in [0.29, 0.717) is 11.1 Å². The lowest BCUT2D eigenvalue weighted by molar-refractivity contribution is 0.0319. The van der Waals surface area contributed by atoms with Crippen molar-refractivity contribution in [1.82, 2.24) is 0 Å². The fraction of sp³-hybridized carbons (Fsp3) is 0.529. The first kappa shape index (κ1) is 31.3. The minimum absolute atomic E-state index is 0.00817. The van der Waals surface area contributed by atoms with Gasteiger partial charge in [0, 0.05) is 26.3 Å². The number of hydrogen-bond donors (Lipinski definition) is 0. The molecule has 0 saturated heterocycles. The molecule has 3 rings (SSSR count). The number of ketones is 1. The molecule has 0 aliphatic carbocycles. The maximum atomic E-state index is 13.1. The molecule has 0 bridgehead atoms. The molecule has 0 saturated carbocycles. The van der Waals surface area contributed by atoms with Gasteiger partial charge < -0.3 is 4.74 Å². The van der Waals surface area contributed by atoms with Gasteiger partial charge in [0.2, 0.25) is 5.78 Å². The topological polar surface area (TPSA) is 43.4 Å². The Hall–Kier alpha value is -2.24. The van der Waals surface area contributed by atoms with E-state index in [-0.39, 0.29) is 17.9 Å². The van der Waals surface area contributed by atoms with Gasteiger partial charge >= 0.3 is 5.97 Å². The van der Waals surface area contributed by atoms with Gasteiger partial charge in [-0.25, -0.2) is 4.79 Å². The largest absolute Gasteiger partial charge is 0.459 e. The van der Waals surface area contributed by atoms with Crippen LogP contribution in [0, 0.1) is 0 Å². The van der Waals surface area contributed by atoms with Gasteiger partial charge in [0.15, 0.2) is 0 Å². The number of benzene rings is 1. The molecular weight excluding hydrogens is 521 g/mol. The van der Waals surface area contributed by atoms with Crippen LogP contribution in [0.15, 0.2) is 47.8 Å². The van der Waals surface area contributed by atoms with E-state index in [2.05, 4.69) is 31.4 Å². The van der Waals surface area contributed by atoms with Crippen LogP contribution >= 0.6 is 22.7 Å². The molecule has 39 heavy (non-hydrogen) atoms. The Labute approximate surface area is 244 Å². The number of carbonyl (C=O) groups excluding carboxylic acids is 2. The zero-order valence-electron chi connectivity index (χ0n) is 24.1. The fourth-order valence-electron chi connectivity index (χ4n) is 4.75. The van der Waals surface area contributed by atoms with E-state index in [1.807, 2.05) is 24.3 Å². The number of ether oxygens (including phenoxy) is 1. The van der Waals surface area contributed by atoms with Gasteiger partial charge in [-0.15, -0.1) is 22.7 Å². The summed E-state index contributed by atoms with van der Waals surface area (Å²) in [6.07, 6.45) is 17.3. The summed E-state index contributed by atoms with van der Waals surface area (Å²) in [5.74, 6) is -0.331. The molecule has 0 aliphatic rings. The Morgan fingerprint density at radius 3 is 2.08 bits per heavy atom. The van der Waals surface area contributed by atoms with Gasteiger partial charge in [-0.2, -0.15) is 0 Å². The maximum Gasteiger partial charge on any atom is 0.338 e. The number of esters is 1. The number of hydrogen-bond acceptors (Lipinski definition) is 5. The predicted octanol–water partition coefficient (Wildman–Crippen LogP) is 10.9. The minimum atomic E-state index is -0.323. The average molecular weight is 567 g/mol. The van der Waals surface area contributed by atoms with Crippen LogP contribution in [0.2, 0.25) is 0 Å². The lowest BCUT2D eigenvalue weighted by atomic mass is 10.1. The van der Waals surface area contributed by atoms with Gasteiger partial charge in [-0.1, -0.05) is 90.2 Å². The molecule has 2 heterocycles. The fourth-order valence-corrected chi connectivity index (χ4v) is 6.73. The molecule has 1 aromatic carbocycles. The summed E-state index contributed by atoms with van der Waals surface area (Å²) in [5.41, 5.74) is 2.19. The summed E-state index contributed by atoms with van der Waals surface area (Å²) in [5, 5.41) is 2.08. The van der Waals surface area contributed by atoms with Crippen LogP contribution in [0.4, 0.5) is 0 Å². The van der Waals surface area contributed by atoms with Crippen LogP contribution in [0.3, 0.4) is 0 Å². The number of aryl methyl sites for hydroxylation is 1. The van der Waals surface area contributed by atoms with Gasteiger partial charge in [0.25, 0.3) is 0 Å². The van der Waals surface area contributed by atoms with Gasteiger partial charge in [-0.05, 0) is 62.9 Å². The summed E-state index contributed by atoms with van der Waals surface area (Å²) >= 11 is 3.33. The zero-order valence-corrected chi connectivity index (χ0v) is 25.8. The molecule has 2 aromatic heterocycles. The highest BCUT2D eigenvalue weighted by atomic mass is 32.1. The number of carbonyl (C=O) groups is 2. The van der Waals surface area contributed by atoms with E-state index in [9.17, 15) is 9.59 Å². The normalized spacial score (nSPS) is 12.0. The summed E-state index contributed by atoms with van der Waals surface area (Å²) < 4.78 is 5.59. The van der Waals surface area contributed by atoms with E-state index < -0.39 is 0 Å². The zero-order chi connectivity index (χ0) is 27.9. The van der Waals surface area contributed by atoms with E-state index in [1.54, 1.807) is 24.3 Å². The number of thiophene rings is 2. The molecule has 0 spiro atoms. The molecule has 212 valence electrons. The van der Waals surface area contributed by atoms with Crippen molar-refractivity contribution in [2.75, 3.05) is 0 Å². The van der Waals surface area contributed by atoms with Crippen LogP contribution in [0.5, 0.6) is 0 Å². The second-order valence-corrected chi connectivity index (χ2v) is 12.7.